The minimum absolute atomic E-state index is 0.131. The van der Waals surface area contributed by atoms with Crippen LogP contribution in [-0.2, 0) is 27.2 Å². The van der Waals surface area contributed by atoms with Crippen molar-refractivity contribution < 1.29 is 24.2 Å². The molecule has 27 heavy (non-hydrogen) atoms. The molecule has 1 atom stereocenters. The molecule has 0 amide bonds. The third-order valence-corrected chi connectivity index (χ3v) is 4.63. The molecule has 0 aliphatic carbocycles. The van der Waals surface area contributed by atoms with Crippen LogP contribution in [0.4, 0.5) is 0 Å². The van der Waals surface area contributed by atoms with Gasteiger partial charge in [0.15, 0.2) is 17.6 Å². The van der Waals surface area contributed by atoms with Gasteiger partial charge >= 0.3 is 5.97 Å². The highest BCUT2D eigenvalue weighted by Gasteiger charge is 2.37. The molecule has 0 spiro atoms. The number of rotatable bonds is 8. The number of hydrogen-bond donors (Lipinski definition) is 1. The summed E-state index contributed by atoms with van der Waals surface area (Å²) in [4.78, 5) is 24.5. The Morgan fingerprint density at radius 3 is 2.37 bits per heavy atom. The number of aliphatic hydroxyl groups is 1. The summed E-state index contributed by atoms with van der Waals surface area (Å²) in [6.07, 6.45) is 0.943. The second kappa shape index (κ2) is 8.54. The van der Waals surface area contributed by atoms with Gasteiger partial charge in [-0.2, -0.15) is 0 Å². The topological polar surface area (TPSA) is 72.8 Å². The number of ketones is 1. The van der Waals surface area contributed by atoms with E-state index in [1.165, 1.54) is 0 Å². The maximum Gasteiger partial charge on any atom is 0.346 e. The minimum Gasteiger partial charge on any atom is -0.507 e. The molecule has 3 rings (SSSR count). The second-order valence-electron chi connectivity index (χ2n) is 6.45. The molecule has 0 radical (unpaired) electrons. The lowest BCUT2D eigenvalue weighted by Crippen LogP contribution is -2.13. The summed E-state index contributed by atoms with van der Waals surface area (Å²) in [6, 6.07) is 17.1. The number of hydrogen-bond acceptors (Lipinski definition) is 5. The Morgan fingerprint density at radius 1 is 1.04 bits per heavy atom. The molecule has 0 fully saturated rings. The van der Waals surface area contributed by atoms with E-state index in [-0.39, 0.29) is 17.8 Å². The van der Waals surface area contributed by atoms with Gasteiger partial charge in [0.1, 0.15) is 11.3 Å². The minimum atomic E-state index is -0.752. The van der Waals surface area contributed by atoms with E-state index in [2.05, 4.69) is 0 Å². The number of aryl methyl sites for hydroxylation is 2. The molecular weight excluding hydrogens is 344 g/mol. The van der Waals surface area contributed by atoms with Crippen molar-refractivity contribution in [2.75, 3.05) is 7.11 Å². The lowest BCUT2D eigenvalue weighted by molar-refractivity contribution is -0.141. The van der Waals surface area contributed by atoms with Crippen LogP contribution in [0, 0.1) is 0 Å². The van der Waals surface area contributed by atoms with Crippen LogP contribution < -0.4 is 4.74 Å². The Morgan fingerprint density at radius 2 is 1.70 bits per heavy atom. The summed E-state index contributed by atoms with van der Waals surface area (Å²) in [5, 5.41) is 10.3. The standard InChI is InChI=1S/C22H22O5/c1-26-17-11-7-16(8-12-17)9-13-18(23)20-21(24)19(27-22(20)25)14-10-15-5-3-2-4-6-15/h2-8,11-12,19,24H,9-10,13-14H2,1H3. The number of Topliss-reactive ketones (excluding diaryl/α,β-unsaturated/α-hetero) is 1. The maximum absolute atomic E-state index is 12.4. The zero-order valence-electron chi connectivity index (χ0n) is 15.2. The summed E-state index contributed by atoms with van der Waals surface area (Å²) in [7, 11) is 1.59. The van der Waals surface area contributed by atoms with Gasteiger partial charge in [0, 0.05) is 6.42 Å². The van der Waals surface area contributed by atoms with Crippen molar-refractivity contribution in [1.82, 2.24) is 0 Å². The molecule has 2 aromatic rings. The Kier molecular flexibility index (Phi) is 5.91. The van der Waals surface area contributed by atoms with Gasteiger partial charge in [0.05, 0.1) is 7.11 Å². The zero-order valence-corrected chi connectivity index (χ0v) is 15.2. The van der Waals surface area contributed by atoms with Crippen molar-refractivity contribution in [3.63, 3.8) is 0 Å². The first kappa shape index (κ1) is 18.7. The number of carbonyl (C=O) groups excluding carboxylic acids is 2. The molecule has 0 saturated carbocycles. The smallest absolute Gasteiger partial charge is 0.346 e. The van der Waals surface area contributed by atoms with Gasteiger partial charge in [-0.1, -0.05) is 42.5 Å². The first-order valence-electron chi connectivity index (χ1n) is 8.92. The predicted octanol–water partition coefficient (Wildman–Crippen LogP) is 3.57. The number of esters is 1. The van der Waals surface area contributed by atoms with Crippen LogP contribution in [0.5, 0.6) is 5.75 Å². The van der Waals surface area contributed by atoms with Crippen LogP contribution in [0.15, 0.2) is 65.9 Å². The van der Waals surface area contributed by atoms with Gasteiger partial charge in [0.25, 0.3) is 0 Å². The van der Waals surface area contributed by atoms with Crippen LogP contribution in [0.1, 0.15) is 24.0 Å². The molecule has 5 nitrogen and oxygen atoms in total. The first-order chi connectivity index (χ1) is 13.1. The molecule has 0 aromatic heterocycles. The van der Waals surface area contributed by atoms with Crippen LogP contribution >= 0.6 is 0 Å². The number of cyclic esters (lactones) is 1. The van der Waals surface area contributed by atoms with E-state index in [1.54, 1.807) is 7.11 Å². The highest BCUT2D eigenvalue weighted by Crippen LogP contribution is 2.26. The first-order valence-corrected chi connectivity index (χ1v) is 8.92. The molecule has 1 N–H and O–H groups in total. The Balaban J connectivity index is 1.60. The molecule has 1 aliphatic rings. The van der Waals surface area contributed by atoms with Gasteiger partial charge in [0.2, 0.25) is 0 Å². The number of aliphatic hydroxyl groups excluding tert-OH is 1. The average molecular weight is 366 g/mol. The summed E-state index contributed by atoms with van der Waals surface area (Å²) in [5.74, 6) is -0.623. The van der Waals surface area contributed by atoms with Crippen molar-refractivity contribution in [3.8, 4) is 5.75 Å². The second-order valence-corrected chi connectivity index (χ2v) is 6.45. The van der Waals surface area contributed by atoms with Crippen LogP contribution in [0.2, 0.25) is 0 Å². The number of methoxy groups -OCH3 is 1. The molecular formula is C22H22O5. The molecule has 1 unspecified atom stereocenters. The molecule has 1 aliphatic heterocycles. The highest BCUT2D eigenvalue weighted by atomic mass is 16.6. The Bertz CT molecular complexity index is 837. The van der Waals surface area contributed by atoms with E-state index in [1.807, 2.05) is 54.6 Å². The quantitative estimate of drug-likeness (QED) is 0.571. The van der Waals surface area contributed by atoms with Gasteiger partial charge in [-0.3, -0.25) is 4.79 Å². The SMILES string of the molecule is COc1ccc(CCC(=O)C2=C(O)C(CCc3ccccc3)OC2=O)cc1. The Labute approximate surface area is 158 Å². The summed E-state index contributed by atoms with van der Waals surface area (Å²) < 4.78 is 10.3. The molecule has 0 saturated heterocycles. The highest BCUT2D eigenvalue weighted by molar-refractivity contribution is 6.19. The third kappa shape index (κ3) is 4.56. The van der Waals surface area contributed by atoms with E-state index in [0.717, 1.165) is 16.9 Å². The molecule has 2 aromatic carbocycles. The fourth-order valence-corrected chi connectivity index (χ4v) is 3.08. The number of benzene rings is 2. The molecule has 0 bridgehead atoms. The molecule has 140 valence electrons. The summed E-state index contributed by atoms with van der Waals surface area (Å²) in [5.41, 5.74) is 1.83. The van der Waals surface area contributed by atoms with Gasteiger partial charge < -0.3 is 14.6 Å². The van der Waals surface area contributed by atoms with Gasteiger partial charge in [-0.15, -0.1) is 0 Å². The molecule has 5 heteroatoms. The van der Waals surface area contributed by atoms with E-state index in [0.29, 0.717) is 19.3 Å². The average Bonchev–Trinajstić information content (AvgIpc) is 2.99. The van der Waals surface area contributed by atoms with E-state index in [9.17, 15) is 14.7 Å². The predicted molar refractivity (Wildman–Crippen MR) is 101 cm³/mol. The maximum atomic E-state index is 12.4. The van der Waals surface area contributed by atoms with Gasteiger partial charge in [-0.25, -0.2) is 4.79 Å². The Hall–Kier alpha value is -3.08. The van der Waals surface area contributed by atoms with Crippen molar-refractivity contribution in [3.05, 3.63) is 77.1 Å². The summed E-state index contributed by atoms with van der Waals surface area (Å²) >= 11 is 0. The van der Waals surface area contributed by atoms with E-state index < -0.39 is 17.9 Å². The van der Waals surface area contributed by atoms with Crippen LogP contribution in [0.25, 0.3) is 0 Å². The number of ether oxygens (including phenoxy) is 2. The van der Waals surface area contributed by atoms with Gasteiger partial charge in [-0.05, 0) is 42.5 Å². The van der Waals surface area contributed by atoms with E-state index >= 15 is 0 Å². The fraction of sp³-hybridized carbons (Fsp3) is 0.273. The number of carbonyl (C=O) groups is 2. The fourth-order valence-electron chi connectivity index (χ4n) is 3.08. The lowest BCUT2D eigenvalue weighted by atomic mass is 10.00. The normalized spacial score (nSPS) is 16.3. The third-order valence-electron chi connectivity index (χ3n) is 4.63. The molecule has 1 heterocycles. The monoisotopic (exact) mass is 366 g/mol. The van der Waals surface area contributed by atoms with Crippen molar-refractivity contribution in [2.24, 2.45) is 0 Å². The van der Waals surface area contributed by atoms with Crippen LogP contribution in [-0.4, -0.2) is 30.1 Å². The van der Waals surface area contributed by atoms with Crippen molar-refractivity contribution in [1.29, 1.82) is 0 Å². The zero-order chi connectivity index (χ0) is 19.2. The van der Waals surface area contributed by atoms with Crippen molar-refractivity contribution >= 4 is 11.8 Å². The summed E-state index contributed by atoms with van der Waals surface area (Å²) in [6.45, 7) is 0. The van der Waals surface area contributed by atoms with E-state index in [4.69, 9.17) is 9.47 Å². The van der Waals surface area contributed by atoms with Crippen LogP contribution in [0.3, 0.4) is 0 Å². The largest absolute Gasteiger partial charge is 0.507 e. The van der Waals surface area contributed by atoms with Crippen molar-refractivity contribution in [2.45, 2.75) is 31.8 Å². The lowest BCUT2D eigenvalue weighted by Gasteiger charge is -2.09.